The van der Waals surface area contributed by atoms with Crippen LogP contribution in [-0.2, 0) is 0 Å². The van der Waals surface area contributed by atoms with Crippen LogP contribution in [0.15, 0.2) is 24.3 Å². The highest BCUT2D eigenvalue weighted by molar-refractivity contribution is 6.01. The number of nitrogens with zero attached hydrogens (tertiary/aromatic N) is 4. The van der Waals surface area contributed by atoms with E-state index in [1.807, 2.05) is 0 Å². The maximum atomic E-state index is 12.2. The van der Waals surface area contributed by atoms with Crippen LogP contribution in [0, 0.1) is 0 Å². The number of nitrogens with one attached hydrogen (secondary N) is 1. The van der Waals surface area contributed by atoms with E-state index in [0.717, 1.165) is 0 Å². The van der Waals surface area contributed by atoms with Crippen molar-refractivity contribution in [3.63, 3.8) is 0 Å². The molecule has 3 N–H and O–H groups in total. The SMILES string of the molecule is COc1cccc(NC(=O)c2nc(N)nc(N(C)C)n2)c1. The van der Waals surface area contributed by atoms with Crippen molar-refractivity contribution in [3.8, 4) is 5.75 Å². The maximum absolute atomic E-state index is 12.2. The van der Waals surface area contributed by atoms with Gasteiger partial charge in [-0.1, -0.05) is 6.07 Å². The van der Waals surface area contributed by atoms with Gasteiger partial charge in [0.15, 0.2) is 0 Å². The minimum Gasteiger partial charge on any atom is -0.497 e. The maximum Gasteiger partial charge on any atom is 0.293 e. The number of carbonyl (C=O) groups is 1. The minimum atomic E-state index is -0.472. The summed E-state index contributed by atoms with van der Waals surface area (Å²) in [6.45, 7) is 0. The van der Waals surface area contributed by atoms with Gasteiger partial charge in [0, 0.05) is 25.8 Å². The van der Waals surface area contributed by atoms with Gasteiger partial charge in [-0.05, 0) is 12.1 Å². The fourth-order valence-corrected chi connectivity index (χ4v) is 1.57. The summed E-state index contributed by atoms with van der Waals surface area (Å²) < 4.78 is 5.09. The molecule has 0 bridgehead atoms. The summed E-state index contributed by atoms with van der Waals surface area (Å²) in [6, 6.07) is 6.97. The molecule has 2 aromatic rings. The highest BCUT2D eigenvalue weighted by Gasteiger charge is 2.14. The van der Waals surface area contributed by atoms with Gasteiger partial charge < -0.3 is 20.7 Å². The van der Waals surface area contributed by atoms with Crippen molar-refractivity contribution in [2.45, 2.75) is 0 Å². The highest BCUT2D eigenvalue weighted by Crippen LogP contribution is 2.17. The molecule has 2 rings (SSSR count). The summed E-state index contributed by atoms with van der Waals surface area (Å²) >= 11 is 0. The number of nitrogen functional groups attached to an aromatic ring is 1. The van der Waals surface area contributed by atoms with Crippen LogP contribution in [0.3, 0.4) is 0 Å². The molecule has 1 heterocycles. The van der Waals surface area contributed by atoms with E-state index in [-0.39, 0.29) is 11.8 Å². The number of hydrogen-bond acceptors (Lipinski definition) is 7. The van der Waals surface area contributed by atoms with Crippen LogP contribution in [0.25, 0.3) is 0 Å². The monoisotopic (exact) mass is 288 g/mol. The van der Waals surface area contributed by atoms with Gasteiger partial charge in [-0.15, -0.1) is 0 Å². The van der Waals surface area contributed by atoms with Crippen LogP contribution in [0.2, 0.25) is 0 Å². The second-order valence-electron chi connectivity index (χ2n) is 4.40. The van der Waals surface area contributed by atoms with E-state index in [4.69, 9.17) is 10.5 Å². The lowest BCUT2D eigenvalue weighted by atomic mass is 10.3. The van der Waals surface area contributed by atoms with Gasteiger partial charge in [-0.3, -0.25) is 4.79 Å². The first kappa shape index (κ1) is 14.5. The second-order valence-corrected chi connectivity index (χ2v) is 4.40. The summed E-state index contributed by atoms with van der Waals surface area (Å²) in [6.07, 6.45) is 0. The lowest BCUT2D eigenvalue weighted by Gasteiger charge is -2.11. The number of amides is 1. The van der Waals surface area contributed by atoms with Crippen LogP contribution in [-0.4, -0.2) is 42.1 Å². The Kier molecular flexibility index (Phi) is 4.17. The van der Waals surface area contributed by atoms with E-state index >= 15 is 0 Å². The van der Waals surface area contributed by atoms with Crippen LogP contribution in [0.1, 0.15) is 10.6 Å². The lowest BCUT2D eigenvalue weighted by Crippen LogP contribution is -2.21. The van der Waals surface area contributed by atoms with E-state index in [1.165, 1.54) is 0 Å². The van der Waals surface area contributed by atoms with Gasteiger partial charge in [-0.2, -0.15) is 15.0 Å². The van der Waals surface area contributed by atoms with E-state index in [1.54, 1.807) is 50.4 Å². The zero-order valence-corrected chi connectivity index (χ0v) is 12.0. The fourth-order valence-electron chi connectivity index (χ4n) is 1.57. The van der Waals surface area contributed by atoms with Crippen molar-refractivity contribution < 1.29 is 9.53 Å². The van der Waals surface area contributed by atoms with Crippen LogP contribution in [0.4, 0.5) is 17.6 Å². The topological polar surface area (TPSA) is 106 Å². The molecule has 0 aliphatic rings. The molecule has 0 aliphatic heterocycles. The Morgan fingerprint density at radius 1 is 1.29 bits per heavy atom. The Morgan fingerprint density at radius 2 is 2.05 bits per heavy atom. The van der Waals surface area contributed by atoms with Crippen molar-refractivity contribution in [3.05, 3.63) is 30.1 Å². The average Bonchev–Trinajstić information content (AvgIpc) is 2.46. The Labute approximate surface area is 122 Å². The predicted octanol–water partition coefficient (Wildman–Crippen LogP) is 0.781. The van der Waals surface area contributed by atoms with E-state index in [9.17, 15) is 4.79 Å². The predicted molar refractivity (Wildman–Crippen MR) is 79.5 cm³/mol. The van der Waals surface area contributed by atoms with Gasteiger partial charge in [0.1, 0.15) is 5.75 Å². The van der Waals surface area contributed by atoms with Crippen molar-refractivity contribution in [1.82, 2.24) is 15.0 Å². The number of hydrogen-bond donors (Lipinski definition) is 2. The smallest absolute Gasteiger partial charge is 0.293 e. The summed E-state index contributed by atoms with van der Waals surface area (Å²) in [4.78, 5) is 25.6. The molecule has 8 heteroatoms. The molecule has 0 saturated carbocycles. The molecule has 0 saturated heterocycles. The molecule has 110 valence electrons. The first-order valence-corrected chi connectivity index (χ1v) is 6.14. The van der Waals surface area contributed by atoms with Gasteiger partial charge in [0.2, 0.25) is 17.7 Å². The van der Waals surface area contributed by atoms with E-state index in [0.29, 0.717) is 17.4 Å². The fraction of sp³-hybridized carbons (Fsp3) is 0.231. The van der Waals surface area contributed by atoms with Gasteiger partial charge in [0.25, 0.3) is 5.91 Å². The van der Waals surface area contributed by atoms with Crippen LogP contribution >= 0.6 is 0 Å². The second kappa shape index (κ2) is 6.04. The number of aromatic nitrogens is 3. The lowest BCUT2D eigenvalue weighted by molar-refractivity contribution is 0.101. The number of anilines is 3. The Bertz CT molecular complexity index is 659. The molecule has 0 unspecified atom stereocenters. The third kappa shape index (κ3) is 3.56. The molecular weight excluding hydrogens is 272 g/mol. The summed E-state index contributed by atoms with van der Waals surface area (Å²) in [7, 11) is 5.05. The molecule has 8 nitrogen and oxygen atoms in total. The number of benzene rings is 1. The number of rotatable bonds is 4. The van der Waals surface area contributed by atoms with Crippen molar-refractivity contribution in [1.29, 1.82) is 0 Å². The molecule has 21 heavy (non-hydrogen) atoms. The zero-order chi connectivity index (χ0) is 15.4. The van der Waals surface area contributed by atoms with Gasteiger partial charge >= 0.3 is 0 Å². The molecule has 0 spiro atoms. The van der Waals surface area contributed by atoms with Gasteiger partial charge in [-0.25, -0.2) is 0 Å². The number of methoxy groups -OCH3 is 1. The van der Waals surface area contributed by atoms with E-state index in [2.05, 4.69) is 20.3 Å². The number of ether oxygens (including phenoxy) is 1. The average molecular weight is 288 g/mol. The molecule has 0 radical (unpaired) electrons. The Hall–Kier alpha value is -2.90. The molecular formula is C13H16N6O2. The Balaban J connectivity index is 2.23. The standard InChI is InChI=1S/C13H16N6O2/c1-19(2)13-17-10(16-12(14)18-13)11(20)15-8-5-4-6-9(7-8)21-3/h4-7H,1-3H3,(H,15,20)(H2,14,16,17,18). The first-order chi connectivity index (χ1) is 9.99. The van der Waals surface area contributed by atoms with Gasteiger partial charge in [0.05, 0.1) is 7.11 Å². The third-order valence-corrected chi connectivity index (χ3v) is 2.57. The highest BCUT2D eigenvalue weighted by atomic mass is 16.5. The third-order valence-electron chi connectivity index (χ3n) is 2.57. The zero-order valence-electron chi connectivity index (χ0n) is 12.0. The molecule has 0 fully saturated rings. The quantitative estimate of drug-likeness (QED) is 0.856. The largest absolute Gasteiger partial charge is 0.497 e. The summed E-state index contributed by atoms with van der Waals surface area (Å²) in [5.41, 5.74) is 6.16. The molecule has 1 amide bonds. The molecule has 1 aromatic heterocycles. The summed E-state index contributed by atoms with van der Waals surface area (Å²) in [5.74, 6) is 0.425. The number of nitrogens with two attached hydrogens (primary N) is 1. The summed E-state index contributed by atoms with van der Waals surface area (Å²) in [5, 5.41) is 2.68. The number of carbonyl (C=O) groups excluding carboxylic acids is 1. The molecule has 1 aromatic carbocycles. The molecule has 0 atom stereocenters. The van der Waals surface area contributed by atoms with Crippen molar-refractivity contribution in [2.24, 2.45) is 0 Å². The minimum absolute atomic E-state index is 0.00973. The Morgan fingerprint density at radius 3 is 2.71 bits per heavy atom. The normalized spacial score (nSPS) is 10.0. The van der Waals surface area contributed by atoms with Crippen LogP contribution in [0.5, 0.6) is 5.75 Å². The molecule has 0 aliphatic carbocycles. The van der Waals surface area contributed by atoms with Crippen LogP contribution < -0.4 is 20.7 Å². The first-order valence-electron chi connectivity index (χ1n) is 6.14. The van der Waals surface area contributed by atoms with Crippen molar-refractivity contribution >= 4 is 23.5 Å². The van der Waals surface area contributed by atoms with E-state index < -0.39 is 5.91 Å². The van der Waals surface area contributed by atoms with Crippen molar-refractivity contribution in [2.75, 3.05) is 37.2 Å².